The zero-order valence-electron chi connectivity index (χ0n) is 19.3. The van der Waals surface area contributed by atoms with Gasteiger partial charge in [-0.05, 0) is 38.0 Å². The van der Waals surface area contributed by atoms with E-state index in [4.69, 9.17) is 0 Å². The fraction of sp³-hybridized carbons (Fsp3) is 0.880. The topological polar surface area (TPSA) is 54.5 Å². The molecule has 168 valence electrons. The first-order valence-electron chi connectivity index (χ1n) is 12.4. The van der Waals surface area contributed by atoms with Gasteiger partial charge in [-0.15, -0.1) is 0 Å². The Morgan fingerprint density at radius 2 is 1.48 bits per heavy atom. The van der Waals surface area contributed by atoms with Crippen LogP contribution in [0.5, 0.6) is 0 Å². The van der Waals surface area contributed by atoms with E-state index in [1.807, 2.05) is 6.92 Å². The summed E-state index contributed by atoms with van der Waals surface area (Å²) >= 11 is 0. The number of carbonyl (C=O) groups excluding carboxylic acids is 3. The Balaban J connectivity index is 2.45. The lowest BCUT2D eigenvalue weighted by atomic mass is 9.82. The summed E-state index contributed by atoms with van der Waals surface area (Å²) < 4.78 is 0. The monoisotopic (exact) mass is 407 g/mol. The fourth-order valence-corrected chi connectivity index (χ4v) is 4.51. The zero-order chi connectivity index (χ0) is 21.5. The van der Waals surface area contributed by atoms with Gasteiger partial charge in [-0.1, -0.05) is 72.1 Å². The van der Waals surface area contributed by atoms with Crippen LogP contribution in [0.4, 0.5) is 0 Å². The molecule has 1 fully saturated rings. The SMILES string of the molecule is CCCCCCCC(CCCC)C1CC(=O)N(CCCCCC(=O)CCC)C1=O. The molecule has 1 heterocycles. The first-order chi connectivity index (χ1) is 14.0. The molecule has 0 saturated carbocycles. The van der Waals surface area contributed by atoms with Gasteiger partial charge in [-0.25, -0.2) is 0 Å². The third-order valence-electron chi connectivity index (χ3n) is 6.32. The quantitative estimate of drug-likeness (QED) is 0.193. The molecule has 1 saturated heterocycles. The van der Waals surface area contributed by atoms with E-state index in [0.717, 1.165) is 51.4 Å². The van der Waals surface area contributed by atoms with E-state index in [1.165, 1.54) is 37.0 Å². The molecule has 2 unspecified atom stereocenters. The van der Waals surface area contributed by atoms with Gasteiger partial charge in [-0.2, -0.15) is 0 Å². The summed E-state index contributed by atoms with van der Waals surface area (Å²) in [5, 5.41) is 0. The number of likely N-dealkylation sites (tertiary alicyclic amines) is 1. The van der Waals surface area contributed by atoms with Crippen molar-refractivity contribution in [2.24, 2.45) is 11.8 Å². The number of Topliss-reactive ketones (excluding diaryl/α,β-unsaturated/α-hetero) is 1. The Kier molecular flexibility index (Phi) is 13.9. The molecule has 0 radical (unpaired) electrons. The maximum atomic E-state index is 13.0. The average Bonchev–Trinajstić information content (AvgIpc) is 2.98. The lowest BCUT2D eigenvalue weighted by Crippen LogP contribution is -2.33. The first kappa shape index (κ1) is 25.8. The maximum Gasteiger partial charge on any atom is 0.233 e. The van der Waals surface area contributed by atoms with Crippen LogP contribution < -0.4 is 0 Å². The van der Waals surface area contributed by atoms with Crippen LogP contribution in [0, 0.1) is 11.8 Å². The second-order valence-electron chi connectivity index (χ2n) is 8.90. The van der Waals surface area contributed by atoms with Crippen LogP contribution >= 0.6 is 0 Å². The van der Waals surface area contributed by atoms with Gasteiger partial charge in [0.2, 0.25) is 11.8 Å². The van der Waals surface area contributed by atoms with E-state index in [0.29, 0.717) is 37.5 Å². The Labute approximate surface area is 179 Å². The number of hydrogen-bond donors (Lipinski definition) is 0. The van der Waals surface area contributed by atoms with E-state index in [1.54, 1.807) is 0 Å². The molecule has 0 bridgehead atoms. The third-order valence-corrected chi connectivity index (χ3v) is 6.32. The number of amides is 2. The largest absolute Gasteiger partial charge is 0.300 e. The molecule has 29 heavy (non-hydrogen) atoms. The van der Waals surface area contributed by atoms with Gasteiger partial charge in [-0.3, -0.25) is 19.3 Å². The van der Waals surface area contributed by atoms with E-state index in [-0.39, 0.29) is 17.7 Å². The number of rotatable bonds is 18. The molecule has 2 amide bonds. The van der Waals surface area contributed by atoms with Crippen molar-refractivity contribution in [1.29, 1.82) is 0 Å². The highest BCUT2D eigenvalue weighted by Gasteiger charge is 2.41. The lowest BCUT2D eigenvalue weighted by Gasteiger charge is -2.22. The Hall–Kier alpha value is -1.19. The van der Waals surface area contributed by atoms with Gasteiger partial charge < -0.3 is 0 Å². The number of hydrogen-bond acceptors (Lipinski definition) is 3. The summed E-state index contributed by atoms with van der Waals surface area (Å²) in [6, 6.07) is 0. The molecule has 0 N–H and O–H groups in total. The van der Waals surface area contributed by atoms with Crippen molar-refractivity contribution in [2.75, 3.05) is 6.54 Å². The Bertz CT molecular complexity index is 488. The lowest BCUT2D eigenvalue weighted by molar-refractivity contribution is -0.140. The van der Waals surface area contributed by atoms with Crippen LogP contribution in [0.2, 0.25) is 0 Å². The van der Waals surface area contributed by atoms with Crippen molar-refractivity contribution in [1.82, 2.24) is 4.90 Å². The first-order valence-corrected chi connectivity index (χ1v) is 12.4. The molecule has 1 aliphatic rings. The average molecular weight is 408 g/mol. The second-order valence-corrected chi connectivity index (χ2v) is 8.90. The standard InChI is InChI=1S/C25H45NO3/c1-4-7-9-10-12-17-21(16-8-5-2)23-20-24(28)26(25(23)29)19-14-11-13-18-22(27)15-6-3/h21,23H,4-20H2,1-3H3. The van der Waals surface area contributed by atoms with E-state index < -0.39 is 0 Å². The summed E-state index contributed by atoms with van der Waals surface area (Å²) in [5.41, 5.74) is 0. The fourth-order valence-electron chi connectivity index (χ4n) is 4.51. The van der Waals surface area contributed by atoms with Crippen LogP contribution in [0.3, 0.4) is 0 Å². The normalized spacial score (nSPS) is 17.9. The van der Waals surface area contributed by atoms with E-state index in [9.17, 15) is 14.4 Å². The molecule has 1 aliphatic heterocycles. The van der Waals surface area contributed by atoms with Crippen molar-refractivity contribution >= 4 is 17.6 Å². The second kappa shape index (κ2) is 15.6. The molecular weight excluding hydrogens is 362 g/mol. The molecule has 1 rings (SSSR count). The minimum absolute atomic E-state index is 0.0227. The highest BCUT2D eigenvalue weighted by molar-refractivity contribution is 6.03. The molecule has 0 aromatic heterocycles. The summed E-state index contributed by atoms with van der Waals surface area (Å²) in [4.78, 5) is 38.6. The molecule has 0 aliphatic carbocycles. The highest BCUT2D eigenvalue weighted by atomic mass is 16.2. The Morgan fingerprint density at radius 1 is 0.828 bits per heavy atom. The summed E-state index contributed by atoms with van der Waals surface area (Å²) in [6.07, 6.45) is 15.9. The maximum absolute atomic E-state index is 13.0. The van der Waals surface area contributed by atoms with Crippen LogP contribution in [-0.4, -0.2) is 29.0 Å². The summed E-state index contributed by atoms with van der Waals surface area (Å²) in [7, 11) is 0. The van der Waals surface area contributed by atoms with Gasteiger partial charge in [0.15, 0.2) is 0 Å². The molecule has 0 spiro atoms. The van der Waals surface area contributed by atoms with Crippen molar-refractivity contribution in [2.45, 2.75) is 124 Å². The number of ketones is 1. The molecule has 0 aromatic rings. The van der Waals surface area contributed by atoms with Gasteiger partial charge in [0, 0.05) is 25.8 Å². The Morgan fingerprint density at radius 3 is 2.17 bits per heavy atom. The smallest absolute Gasteiger partial charge is 0.233 e. The molecule has 2 atom stereocenters. The van der Waals surface area contributed by atoms with Crippen molar-refractivity contribution in [3.05, 3.63) is 0 Å². The van der Waals surface area contributed by atoms with Crippen LogP contribution in [0.25, 0.3) is 0 Å². The number of nitrogens with zero attached hydrogens (tertiary/aromatic N) is 1. The van der Waals surface area contributed by atoms with Crippen molar-refractivity contribution in [3.8, 4) is 0 Å². The molecule has 4 nitrogen and oxygen atoms in total. The predicted molar refractivity (Wildman–Crippen MR) is 120 cm³/mol. The van der Waals surface area contributed by atoms with Gasteiger partial charge >= 0.3 is 0 Å². The van der Waals surface area contributed by atoms with Gasteiger partial charge in [0.25, 0.3) is 0 Å². The number of unbranched alkanes of at least 4 members (excludes halogenated alkanes) is 7. The molecule has 0 aromatic carbocycles. The van der Waals surface area contributed by atoms with E-state index >= 15 is 0 Å². The highest BCUT2D eigenvalue weighted by Crippen LogP contribution is 2.34. The summed E-state index contributed by atoms with van der Waals surface area (Å²) in [6.45, 7) is 6.98. The zero-order valence-corrected chi connectivity index (χ0v) is 19.3. The predicted octanol–water partition coefficient (Wildman–Crippen LogP) is 6.46. The van der Waals surface area contributed by atoms with Gasteiger partial charge in [0.05, 0.1) is 5.92 Å². The van der Waals surface area contributed by atoms with Crippen molar-refractivity contribution in [3.63, 3.8) is 0 Å². The summed E-state index contributed by atoms with van der Waals surface area (Å²) in [5.74, 6) is 0.705. The molecule has 4 heteroatoms. The number of carbonyl (C=O) groups is 3. The molecular formula is C25H45NO3. The van der Waals surface area contributed by atoms with Crippen LogP contribution in [0.1, 0.15) is 124 Å². The number of imide groups is 1. The van der Waals surface area contributed by atoms with Crippen LogP contribution in [-0.2, 0) is 14.4 Å². The van der Waals surface area contributed by atoms with Gasteiger partial charge in [0.1, 0.15) is 5.78 Å². The third kappa shape index (κ3) is 9.91. The van der Waals surface area contributed by atoms with E-state index in [2.05, 4.69) is 13.8 Å². The minimum Gasteiger partial charge on any atom is -0.300 e. The van der Waals surface area contributed by atoms with Crippen molar-refractivity contribution < 1.29 is 14.4 Å². The van der Waals surface area contributed by atoms with Crippen LogP contribution in [0.15, 0.2) is 0 Å². The minimum atomic E-state index is -0.0913.